The summed E-state index contributed by atoms with van der Waals surface area (Å²) < 4.78 is 5.89. The van der Waals surface area contributed by atoms with Gasteiger partial charge in [-0.25, -0.2) is 0 Å². The number of benzene rings is 1. The van der Waals surface area contributed by atoms with Crippen molar-refractivity contribution in [1.82, 2.24) is 0 Å². The number of hydrogen-bond acceptors (Lipinski definition) is 2. The van der Waals surface area contributed by atoms with E-state index in [2.05, 4.69) is 19.1 Å². The summed E-state index contributed by atoms with van der Waals surface area (Å²) in [5.74, 6) is 1.02. The molecule has 4 unspecified atom stereocenters. The molecule has 0 radical (unpaired) electrons. The predicted molar refractivity (Wildman–Crippen MR) is 82.6 cm³/mol. The molecule has 20 heavy (non-hydrogen) atoms. The first-order valence-corrected chi connectivity index (χ1v) is 8.12. The van der Waals surface area contributed by atoms with Gasteiger partial charge in [-0.15, -0.1) is 0 Å². The van der Waals surface area contributed by atoms with Crippen molar-refractivity contribution in [3.63, 3.8) is 0 Å². The summed E-state index contributed by atoms with van der Waals surface area (Å²) in [6.45, 7) is 4.88. The van der Waals surface area contributed by atoms with Gasteiger partial charge in [-0.1, -0.05) is 62.9 Å². The lowest BCUT2D eigenvalue weighted by Gasteiger charge is -2.37. The zero-order valence-electron chi connectivity index (χ0n) is 12.8. The highest BCUT2D eigenvalue weighted by molar-refractivity contribution is 5.19. The third-order valence-electron chi connectivity index (χ3n) is 4.72. The molecule has 0 spiro atoms. The van der Waals surface area contributed by atoms with E-state index in [-0.39, 0.29) is 12.2 Å². The van der Waals surface area contributed by atoms with E-state index in [0.29, 0.717) is 18.4 Å². The van der Waals surface area contributed by atoms with E-state index in [1.54, 1.807) is 0 Å². The molecule has 4 atom stereocenters. The van der Waals surface area contributed by atoms with Gasteiger partial charge in [0.25, 0.3) is 0 Å². The van der Waals surface area contributed by atoms with Gasteiger partial charge in [-0.05, 0) is 30.7 Å². The maximum atomic E-state index is 10.9. The van der Waals surface area contributed by atoms with E-state index in [9.17, 15) is 5.11 Å². The quantitative estimate of drug-likeness (QED) is 0.837. The monoisotopic (exact) mass is 276 g/mol. The molecular weight excluding hydrogens is 248 g/mol. The van der Waals surface area contributed by atoms with Gasteiger partial charge >= 0.3 is 0 Å². The van der Waals surface area contributed by atoms with Crippen LogP contribution in [0.15, 0.2) is 30.3 Å². The molecule has 1 aliphatic carbocycles. The van der Waals surface area contributed by atoms with Crippen LogP contribution in [0.1, 0.15) is 57.6 Å². The Morgan fingerprint density at radius 2 is 1.85 bits per heavy atom. The van der Waals surface area contributed by atoms with E-state index >= 15 is 0 Å². The first kappa shape index (κ1) is 15.5. The van der Waals surface area contributed by atoms with Crippen molar-refractivity contribution in [3.8, 4) is 0 Å². The van der Waals surface area contributed by atoms with Crippen molar-refractivity contribution in [2.75, 3.05) is 6.61 Å². The van der Waals surface area contributed by atoms with Crippen LogP contribution in [0.3, 0.4) is 0 Å². The molecule has 2 rings (SSSR count). The van der Waals surface area contributed by atoms with E-state index < -0.39 is 0 Å². The molecule has 1 fully saturated rings. The van der Waals surface area contributed by atoms with Gasteiger partial charge < -0.3 is 9.84 Å². The Balaban J connectivity index is 2.15. The van der Waals surface area contributed by atoms with Gasteiger partial charge in [0.15, 0.2) is 0 Å². The molecule has 0 aromatic heterocycles. The van der Waals surface area contributed by atoms with Crippen LogP contribution in [0.2, 0.25) is 0 Å². The van der Waals surface area contributed by atoms with Gasteiger partial charge in [-0.3, -0.25) is 0 Å². The highest BCUT2D eigenvalue weighted by Gasteiger charge is 2.35. The van der Waals surface area contributed by atoms with Gasteiger partial charge in [0.1, 0.15) is 6.10 Å². The zero-order valence-corrected chi connectivity index (χ0v) is 12.8. The fourth-order valence-corrected chi connectivity index (χ4v) is 3.63. The highest BCUT2D eigenvalue weighted by Crippen LogP contribution is 2.39. The molecule has 112 valence electrons. The smallest absolute Gasteiger partial charge is 0.109 e. The molecule has 1 aromatic rings. The SMILES string of the molecule is CCOC(c1ccccc1)C(O)C1CCCCC1CC. The Hall–Kier alpha value is -0.860. The van der Waals surface area contributed by atoms with Crippen molar-refractivity contribution in [2.24, 2.45) is 11.8 Å². The lowest BCUT2D eigenvalue weighted by Crippen LogP contribution is -2.36. The standard InChI is InChI=1S/C18H28O2/c1-3-14-10-8-9-13-16(14)17(19)18(20-4-2)15-11-6-5-7-12-15/h5-7,11-12,14,16-19H,3-4,8-10,13H2,1-2H3. The molecule has 2 heteroatoms. The van der Waals surface area contributed by atoms with Crippen LogP contribution in [0, 0.1) is 11.8 Å². The fourth-order valence-electron chi connectivity index (χ4n) is 3.63. The minimum atomic E-state index is -0.386. The number of ether oxygens (including phenoxy) is 1. The molecular formula is C18H28O2. The molecule has 0 aliphatic heterocycles. The fraction of sp³-hybridized carbons (Fsp3) is 0.667. The molecule has 1 aliphatic rings. The number of hydrogen-bond donors (Lipinski definition) is 1. The van der Waals surface area contributed by atoms with Crippen LogP contribution in [0.25, 0.3) is 0 Å². The lowest BCUT2D eigenvalue weighted by molar-refractivity contribution is -0.0803. The highest BCUT2D eigenvalue weighted by atomic mass is 16.5. The second-order valence-corrected chi connectivity index (χ2v) is 5.89. The van der Waals surface area contributed by atoms with Crippen LogP contribution in [-0.2, 0) is 4.74 Å². The second-order valence-electron chi connectivity index (χ2n) is 5.89. The molecule has 0 heterocycles. The van der Waals surface area contributed by atoms with E-state index in [1.165, 1.54) is 19.3 Å². The molecule has 2 nitrogen and oxygen atoms in total. The molecule has 0 amide bonds. The van der Waals surface area contributed by atoms with E-state index in [4.69, 9.17) is 4.74 Å². The van der Waals surface area contributed by atoms with Gasteiger partial charge in [0.05, 0.1) is 6.10 Å². The Kier molecular flexibility index (Phi) is 6.06. The van der Waals surface area contributed by atoms with Gasteiger partial charge in [0.2, 0.25) is 0 Å². The largest absolute Gasteiger partial charge is 0.390 e. The summed E-state index contributed by atoms with van der Waals surface area (Å²) in [5.41, 5.74) is 1.10. The topological polar surface area (TPSA) is 29.5 Å². The molecule has 1 N–H and O–H groups in total. The lowest BCUT2D eigenvalue weighted by atomic mass is 9.73. The third-order valence-corrected chi connectivity index (χ3v) is 4.72. The maximum Gasteiger partial charge on any atom is 0.109 e. The predicted octanol–water partition coefficient (Wildman–Crippen LogP) is 4.34. The molecule has 0 bridgehead atoms. The number of aliphatic hydroxyl groups excluding tert-OH is 1. The van der Waals surface area contributed by atoms with Crippen LogP contribution >= 0.6 is 0 Å². The van der Waals surface area contributed by atoms with E-state index in [1.807, 2.05) is 25.1 Å². The normalized spacial score (nSPS) is 26.1. The minimum Gasteiger partial charge on any atom is -0.390 e. The summed E-state index contributed by atoms with van der Waals surface area (Å²) in [6.07, 6.45) is 5.54. The van der Waals surface area contributed by atoms with Crippen LogP contribution < -0.4 is 0 Å². The van der Waals surface area contributed by atoms with Crippen molar-refractivity contribution in [2.45, 2.75) is 58.2 Å². The minimum absolute atomic E-state index is 0.182. The summed E-state index contributed by atoms with van der Waals surface area (Å²) in [5, 5.41) is 10.9. The zero-order chi connectivity index (χ0) is 14.4. The molecule has 0 saturated heterocycles. The Morgan fingerprint density at radius 3 is 2.50 bits per heavy atom. The van der Waals surface area contributed by atoms with Crippen molar-refractivity contribution in [3.05, 3.63) is 35.9 Å². The van der Waals surface area contributed by atoms with Crippen LogP contribution in [0.4, 0.5) is 0 Å². The summed E-state index contributed by atoms with van der Waals surface area (Å²) >= 11 is 0. The Bertz CT molecular complexity index is 376. The Labute approximate surface area is 123 Å². The average Bonchev–Trinajstić information content (AvgIpc) is 2.52. The molecule has 1 aromatic carbocycles. The van der Waals surface area contributed by atoms with E-state index in [0.717, 1.165) is 18.4 Å². The van der Waals surface area contributed by atoms with Crippen molar-refractivity contribution in [1.29, 1.82) is 0 Å². The second kappa shape index (κ2) is 7.80. The van der Waals surface area contributed by atoms with Crippen LogP contribution in [-0.4, -0.2) is 17.8 Å². The average molecular weight is 276 g/mol. The number of aliphatic hydroxyl groups is 1. The molecule has 1 saturated carbocycles. The van der Waals surface area contributed by atoms with Crippen molar-refractivity contribution < 1.29 is 9.84 Å². The summed E-state index contributed by atoms with van der Waals surface area (Å²) in [4.78, 5) is 0. The third kappa shape index (κ3) is 3.62. The van der Waals surface area contributed by atoms with Crippen molar-refractivity contribution >= 4 is 0 Å². The number of rotatable bonds is 6. The summed E-state index contributed by atoms with van der Waals surface area (Å²) in [6, 6.07) is 10.2. The van der Waals surface area contributed by atoms with Gasteiger partial charge in [-0.2, -0.15) is 0 Å². The first-order chi connectivity index (χ1) is 9.77. The summed E-state index contributed by atoms with van der Waals surface area (Å²) in [7, 11) is 0. The van der Waals surface area contributed by atoms with Crippen LogP contribution in [0.5, 0.6) is 0 Å². The van der Waals surface area contributed by atoms with Gasteiger partial charge in [0, 0.05) is 6.61 Å². The Morgan fingerprint density at radius 1 is 1.15 bits per heavy atom. The first-order valence-electron chi connectivity index (χ1n) is 8.12. The maximum absolute atomic E-state index is 10.9.